The normalized spacial score (nSPS) is 11.6. The lowest BCUT2D eigenvalue weighted by molar-refractivity contribution is 0.601. The minimum atomic E-state index is -3.63. The fraction of sp³-hybridized carbons (Fsp3) is 0. The summed E-state index contributed by atoms with van der Waals surface area (Å²) in [6, 6.07) is 15.5. The molecule has 26 heavy (non-hydrogen) atoms. The summed E-state index contributed by atoms with van der Waals surface area (Å²) in [5.74, 6) is 0. The van der Waals surface area contributed by atoms with Crippen LogP contribution in [-0.2, 0) is 10.0 Å². The van der Waals surface area contributed by atoms with Crippen molar-refractivity contribution in [2.45, 2.75) is 4.90 Å². The number of benzene rings is 2. The van der Waals surface area contributed by atoms with Crippen LogP contribution in [0, 0.1) is 0 Å². The molecule has 0 aliphatic heterocycles. The van der Waals surface area contributed by atoms with E-state index in [2.05, 4.69) is 35.6 Å². The highest BCUT2D eigenvalue weighted by Crippen LogP contribution is 2.26. The van der Waals surface area contributed by atoms with Crippen molar-refractivity contribution in [1.82, 2.24) is 15.0 Å². The predicted molar refractivity (Wildman–Crippen MR) is 104 cm³/mol. The molecule has 2 heterocycles. The highest BCUT2D eigenvalue weighted by atomic mass is 79.9. The van der Waals surface area contributed by atoms with Crippen LogP contribution in [0.2, 0.25) is 0 Å². The van der Waals surface area contributed by atoms with Gasteiger partial charge in [-0.3, -0.25) is 4.72 Å². The number of anilines is 1. The van der Waals surface area contributed by atoms with Gasteiger partial charge in [0.15, 0.2) is 0 Å². The molecule has 0 radical (unpaired) electrons. The van der Waals surface area contributed by atoms with Crippen molar-refractivity contribution in [3.8, 4) is 11.3 Å². The van der Waals surface area contributed by atoms with Crippen LogP contribution < -0.4 is 4.72 Å². The van der Waals surface area contributed by atoms with Gasteiger partial charge in [-0.05, 0) is 42.5 Å². The molecule has 0 amide bonds. The summed E-state index contributed by atoms with van der Waals surface area (Å²) in [7, 11) is -3.63. The number of halogens is 1. The molecule has 2 aromatic carbocycles. The molecule has 2 N–H and O–H groups in total. The summed E-state index contributed by atoms with van der Waals surface area (Å²) < 4.78 is 28.3. The van der Waals surface area contributed by atoms with E-state index in [0.717, 1.165) is 26.8 Å². The zero-order valence-corrected chi connectivity index (χ0v) is 15.8. The Hall–Kier alpha value is -2.71. The molecule has 4 rings (SSSR count). The SMILES string of the molecule is O=S(=O)(Nc1ccc(-c2ncnc3[nH]ccc23)cc1)c1ccc(Br)cc1. The van der Waals surface area contributed by atoms with Crippen molar-refractivity contribution < 1.29 is 8.42 Å². The number of fused-ring (bicyclic) bond motifs is 1. The first-order chi connectivity index (χ1) is 12.5. The average molecular weight is 429 g/mol. The zero-order chi connectivity index (χ0) is 18.1. The van der Waals surface area contributed by atoms with E-state index >= 15 is 0 Å². The number of H-pyrrole nitrogens is 1. The Labute approximate surface area is 158 Å². The van der Waals surface area contributed by atoms with Gasteiger partial charge in [0.25, 0.3) is 10.0 Å². The smallest absolute Gasteiger partial charge is 0.261 e. The van der Waals surface area contributed by atoms with Gasteiger partial charge in [-0.15, -0.1) is 0 Å². The van der Waals surface area contributed by atoms with Gasteiger partial charge in [0, 0.05) is 27.3 Å². The van der Waals surface area contributed by atoms with Crippen molar-refractivity contribution in [2.75, 3.05) is 4.72 Å². The van der Waals surface area contributed by atoms with Crippen molar-refractivity contribution in [1.29, 1.82) is 0 Å². The summed E-state index contributed by atoms with van der Waals surface area (Å²) >= 11 is 3.30. The lowest BCUT2D eigenvalue weighted by Gasteiger charge is -2.09. The fourth-order valence-electron chi connectivity index (χ4n) is 2.63. The summed E-state index contributed by atoms with van der Waals surface area (Å²) in [6.07, 6.45) is 3.31. The monoisotopic (exact) mass is 428 g/mol. The Kier molecular flexibility index (Phi) is 4.21. The van der Waals surface area contributed by atoms with Gasteiger partial charge in [0.05, 0.1) is 10.6 Å². The van der Waals surface area contributed by atoms with Crippen LogP contribution in [0.25, 0.3) is 22.3 Å². The Morgan fingerprint density at radius 1 is 0.923 bits per heavy atom. The van der Waals surface area contributed by atoms with Crippen LogP contribution in [0.5, 0.6) is 0 Å². The van der Waals surface area contributed by atoms with Crippen LogP contribution in [0.3, 0.4) is 0 Å². The number of nitrogens with one attached hydrogen (secondary N) is 2. The third-order valence-electron chi connectivity index (χ3n) is 3.89. The van der Waals surface area contributed by atoms with Crippen molar-refractivity contribution in [2.24, 2.45) is 0 Å². The molecule has 0 saturated heterocycles. The van der Waals surface area contributed by atoms with E-state index in [1.54, 1.807) is 36.4 Å². The third kappa shape index (κ3) is 3.21. The van der Waals surface area contributed by atoms with E-state index in [0.29, 0.717) is 5.69 Å². The van der Waals surface area contributed by atoms with E-state index in [1.165, 1.54) is 6.33 Å². The maximum absolute atomic E-state index is 12.5. The molecule has 4 aromatic rings. The number of rotatable bonds is 4. The van der Waals surface area contributed by atoms with Gasteiger partial charge < -0.3 is 4.98 Å². The second kappa shape index (κ2) is 6.54. The minimum absolute atomic E-state index is 0.203. The van der Waals surface area contributed by atoms with E-state index in [1.807, 2.05) is 24.4 Å². The molecular weight excluding hydrogens is 416 g/mol. The maximum atomic E-state index is 12.5. The average Bonchev–Trinajstić information content (AvgIpc) is 3.11. The fourth-order valence-corrected chi connectivity index (χ4v) is 3.95. The molecule has 0 aliphatic carbocycles. The van der Waals surface area contributed by atoms with E-state index in [9.17, 15) is 8.42 Å². The first kappa shape index (κ1) is 16.7. The van der Waals surface area contributed by atoms with E-state index < -0.39 is 10.0 Å². The molecule has 0 bridgehead atoms. The van der Waals surface area contributed by atoms with Crippen molar-refractivity contribution in [3.63, 3.8) is 0 Å². The van der Waals surface area contributed by atoms with Crippen LogP contribution in [0.1, 0.15) is 0 Å². The van der Waals surface area contributed by atoms with E-state index in [4.69, 9.17) is 0 Å². The van der Waals surface area contributed by atoms with Crippen LogP contribution in [0.15, 0.2) is 76.5 Å². The second-order valence-corrected chi connectivity index (χ2v) is 8.20. The molecule has 0 aliphatic rings. The zero-order valence-electron chi connectivity index (χ0n) is 13.3. The standard InChI is InChI=1S/C18H13BrN4O2S/c19-13-3-7-15(8-4-13)26(24,25)23-14-5-1-12(2-6-14)17-16-9-10-20-18(16)22-11-21-17/h1-11,23H,(H,20,21,22). The Bertz CT molecular complexity index is 1170. The van der Waals surface area contributed by atoms with Gasteiger partial charge >= 0.3 is 0 Å². The molecule has 0 spiro atoms. The second-order valence-electron chi connectivity index (χ2n) is 5.60. The maximum Gasteiger partial charge on any atom is 0.261 e. The Balaban J connectivity index is 1.62. The molecule has 2 aromatic heterocycles. The van der Waals surface area contributed by atoms with Crippen molar-refractivity contribution in [3.05, 3.63) is 71.6 Å². The molecule has 0 fully saturated rings. The topological polar surface area (TPSA) is 87.7 Å². The van der Waals surface area contributed by atoms with Crippen molar-refractivity contribution >= 4 is 42.7 Å². The number of hydrogen-bond acceptors (Lipinski definition) is 4. The molecular formula is C18H13BrN4O2S. The lowest BCUT2D eigenvalue weighted by Crippen LogP contribution is -2.12. The predicted octanol–water partition coefficient (Wildman–Crippen LogP) is 4.19. The molecule has 8 heteroatoms. The largest absolute Gasteiger partial charge is 0.346 e. The van der Waals surface area contributed by atoms with Gasteiger partial charge in [0.2, 0.25) is 0 Å². The quantitative estimate of drug-likeness (QED) is 0.509. The highest BCUT2D eigenvalue weighted by Gasteiger charge is 2.14. The Morgan fingerprint density at radius 2 is 1.65 bits per heavy atom. The van der Waals surface area contributed by atoms with Crippen LogP contribution in [-0.4, -0.2) is 23.4 Å². The third-order valence-corrected chi connectivity index (χ3v) is 5.81. The summed E-state index contributed by atoms with van der Waals surface area (Å²) in [5.41, 5.74) is 2.91. The van der Waals surface area contributed by atoms with E-state index in [-0.39, 0.29) is 4.90 Å². The van der Waals surface area contributed by atoms with Gasteiger partial charge in [-0.25, -0.2) is 18.4 Å². The van der Waals surface area contributed by atoms with Gasteiger partial charge in [-0.2, -0.15) is 0 Å². The number of aromatic amines is 1. The molecule has 130 valence electrons. The first-order valence-electron chi connectivity index (χ1n) is 7.70. The van der Waals surface area contributed by atoms with Gasteiger partial charge in [-0.1, -0.05) is 28.1 Å². The summed E-state index contributed by atoms with van der Waals surface area (Å²) in [4.78, 5) is 11.8. The highest BCUT2D eigenvalue weighted by molar-refractivity contribution is 9.10. The number of hydrogen-bond donors (Lipinski definition) is 2. The molecule has 6 nitrogen and oxygen atoms in total. The van der Waals surface area contributed by atoms with Gasteiger partial charge in [0.1, 0.15) is 12.0 Å². The first-order valence-corrected chi connectivity index (χ1v) is 9.97. The Morgan fingerprint density at radius 3 is 2.38 bits per heavy atom. The summed E-state index contributed by atoms with van der Waals surface area (Å²) in [6.45, 7) is 0. The molecule has 0 unspecified atom stereocenters. The number of sulfonamides is 1. The number of aromatic nitrogens is 3. The molecule has 0 atom stereocenters. The number of nitrogens with zero attached hydrogens (tertiary/aromatic N) is 2. The molecule has 0 saturated carbocycles. The van der Waals surface area contributed by atoms with Crippen LogP contribution >= 0.6 is 15.9 Å². The lowest BCUT2D eigenvalue weighted by atomic mass is 10.1. The van der Waals surface area contributed by atoms with Crippen LogP contribution in [0.4, 0.5) is 5.69 Å². The minimum Gasteiger partial charge on any atom is -0.346 e. The summed E-state index contributed by atoms with van der Waals surface area (Å²) in [5, 5.41) is 0.913.